The van der Waals surface area contributed by atoms with Gasteiger partial charge in [-0.3, -0.25) is 4.79 Å². The van der Waals surface area contributed by atoms with Crippen LogP contribution in [0.15, 0.2) is 24.3 Å². The number of hydrogen-bond donors (Lipinski definition) is 6. The lowest BCUT2D eigenvalue weighted by atomic mass is 9.99. The molecule has 1 aliphatic rings. The molecule has 1 aliphatic heterocycles. The van der Waals surface area contributed by atoms with Gasteiger partial charge in [0.15, 0.2) is 6.29 Å². The molecule has 0 radical (unpaired) electrons. The third-order valence-corrected chi connectivity index (χ3v) is 15.0. The molecule has 71 heavy (non-hydrogen) atoms. The highest BCUT2D eigenvalue weighted by molar-refractivity contribution is 5.76. The summed E-state index contributed by atoms with van der Waals surface area (Å²) >= 11 is 0. The van der Waals surface area contributed by atoms with E-state index in [1.807, 2.05) is 6.08 Å². The molecule has 0 spiro atoms. The number of amides is 1. The summed E-state index contributed by atoms with van der Waals surface area (Å²) in [5.74, 6) is -0.179. The van der Waals surface area contributed by atoms with Crippen LogP contribution in [0.1, 0.15) is 309 Å². The number of nitrogens with one attached hydrogen (secondary N) is 1. The third kappa shape index (κ3) is 41.6. The molecule has 7 atom stereocenters. The molecule has 1 heterocycles. The molecule has 9 heteroatoms. The summed E-state index contributed by atoms with van der Waals surface area (Å²) in [6, 6.07) is -0.819. The number of ether oxygens (including phenoxy) is 2. The molecule has 0 saturated carbocycles. The lowest BCUT2D eigenvalue weighted by molar-refractivity contribution is -0.302. The topological polar surface area (TPSA) is 149 Å². The summed E-state index contributed by atoms with van der Waals surface area (Å²) in [7, 11) is 0. The monoisotopic (exact) mass is 1010 g/mol. The van der Waals surface area contributed by atoms with Gasteiger partial charge < -0.3 is 40.3 Å². The Balaban J connectivity index is 2.20. The number of aliphatic hydroxyl groups excluding tert-OH is 5. The van der Waals surface area contributed by atoms with E-state index in [9.17, 15) is 30.3 Å². The van der Waals surface area contributed by atoms with Gasteiger partial charge in [-0.05, 0) is 32.1 Å². The number of hydrogen-bond acceptors (Lipinski definition) is 8. The normalized spacial score (nSPS) is 19.3. The Morgan fingerprint density at radius 2 is 0.803 bits per heavy atom. The van der Waals surface area contributed by atoms with Crippen molar-refractivity contribution in [2.45, 2.75) is 352 Å². The van der Waals surface area contributed by atoms with Gasteiger partial charge in [0.05, 0.1) is 25.4 Å². The Kier molecular flexibility index (Phi) is 49.7. The molecule has 1 saturated heterocycles. The Hall–Kier alpha value is -1.33. The molecule has 0 aromatic carbocycles. The minimum absolute atomic E-state index is 0.179. The fourth-order valence-corrected chi connectivity index (χ4v) is 10.1. The predicted molar refractivity (Wildman–Crippen MR) is 300 cm³/mol. The standard InChI is InChI=1S/C62H119NO8/c1-3-5-7-9-11-13-15-17-19-21-23-25-27-28-29-30-32-34-36-38-40-42-44-46-48-50-52-58(66)63-55(54-70-62-61(69)60(68)59(67)57(53-64)71-62)56(65)51-49-47-45-43-41-39-37-35-33-31-26-24-22-20-18-16-14-12-10-8-6-4-2/h41,43,49,51,55-57,59-62,64-65,67-69H,3-40,42,44-48,50,52-54H2,1-2H3,(H,63,66)/b43-41+,51-49+. The van der Waals surface area contributed by atoms with E-state index in [1.165, 1.54) is 250 Å². The molecular weight excluding hydrogens is 887 g/mol. The molecule has 1 rings (SSSR count). The van der Waals surface area contributed by atoms with Crippen LogP contribution in [0, 0.1) is 0 Å². The zero-order chi connectivity index (χ0) is 51.5. The van der Waals surface area contributed by atoms with Crippen LogP contribution in [-0.2, 0) is 14.3 Å². The molecule has 0 aromatic heterocycles. The summed E-state index contributed by atoms with van der Waals surface area (Å²) in [6.45, 7) is 3.81. The van der Waals surface area contributed by atoms with Gasteiger partial charge in [-0.1, -0.05) is 295 Å². The zero-order valence-corrected chi connectivity index (χ0v) is 46.8. The van der Waals surface area contributed by atoms with Crippen molar-refractivity contribution in [3.05, 3.63) is 24.3 Å². The average molecular weight is 1010 g/mol. The van der Waals surface area contributed by atoms with E-state index in [2.05, 4.69) is 31.3 Å². The second-order valence-corrected chi connectivity index (χ2v) is 21.9. The van der Waals surface area contributed by atoms with Crippen molar-refractivity contribution in [1.82, 2.24) is 5.32 Å². The molecule has 6 N–H and O–H groups in total. The van der Waals surface area contributed by atoms with Crippen LogP contribution in [0.25, 0.3) is 0 Å². The summed E-state index contributed by atoms with van der Waals surface area (Å²) in [5, 5.41) is 54.6. The van der Waals surface area contributed by atoms with E-state index < -0.39 is 49.5 Å². The van der Waals surface area contributed by atoms with Gasteiger partial charge in [0, 0.05) is 6.42 Å². The van der Waals surface area contributed by atoms with E-state index in [0.717, 1.165) is 38.5 Å². The summed E-state index contributed by atoms with van der Waals surface area (Å²) in [5.41, 5.74) is 0. The summed E-state index contributed by atoms with van der Waals surface area (Å²) < 4.78 is 11.3. The van der Waals surface area contributed by atoms with Gasteiger partial charge in [0.1, 0.15) is 24.4 Å². The van der Waals surface area contributed by atoms with E-state index in [-0.39, 0.29) is 12.5 Å². The lowest BCUT2D eigenvalue weighted by Gasteiger charge is -2.40. The van der Waals surface area contributed by atoms with Crippen LogP contribution in [0.4, 0.5) is 0 Å². The van der Waals surface area contributed by atoms with Crippen LogP contribution in [-0.4, -0.2) is 87.5 Å². The lowest BCUT2D eigenvalue weighted by Crippen LogP contribution is -2.60. The first kappa shape index (κ1) is 67.7. The minimum Gasteiger partial charge on any atom is -0.394 e. The van der Waals surface area contributed by atoms with Gasteiger partial charge in [-0.2, -0.15) is 0 Å². The zero-order valence-electron chi connectivity index (χ0n) is 46.8. The molecule has 0 bridgehead atoms. The van der Waals surface area contributed by atoms with Crippen molar-refractivity contribution in [3.63, 3.8) is 0 Å². The van der Waals surface area contributed by atoms with Gasteiger partial charge >= 0.3 is 0 Å². The van der Waals surface area contributed by atoms with Crippen LogP contribution in [0.3, 0.4) is 0 Å². The van der Waals surface area contributed by atoms with Crippen LogP contribution >= 0.6 is 0 Å². The maximum Gasteiger partial charge on any atom is 0.220 e. The molecule has 1 amide bonds. The van der Waals surface area contributed by atoms with Gasteiger partial charge in [-0.25, -0.2) is 0 Å². The maximum absolute atomic E-state index is 13.1. The van der Waals surface area contributed by atoms with Gasteiger partial charge in [0.2, 0.25) is 5.91 Å². The Morgan fingerprint density at radius 3 is 1.18 bits per heavy atom. The molecule has 0 aromatic rings. The van der Waals surface area contributed by atoms with Crippen molar-refractivity contribution in [2.24, 2.45) is 0 Å². The molecule has 420 valence electrons. The molecule has 9 nitrogen and oxygen atoms in total. The predicted octanol–water partition coefficient (Wildman–Crippen LogP) is 15.7. The van der Waals surface area contributed by atoms with E-state index in [1.54, 1.807) is 6.08 Å². The van der Waals surface area contributed by atoms with Crippen molar-refractivity contribution < 1.29 is 39.8 Å². The number of carbonyl (C=O) groups excluding carboxylic acids is 1. The van der Waals surface area contributed by atoms with Crippen molar-refractivity contribution in [2.75, 3.05) is 13.2 Å². The first-order valence-electron chi connectivity index (χ1n) is 31.1. The van der Waals surface area contributed by atoms with E-state index in [4.69, 9.17) is 9.47 Å². The van der Waals surface area contributed by atoms with Crippen molar-refractivity contribution in [3.8, 4) is 0 Å². The number of unbranched alkanes of at least 4 members (excludes halogenated alkanes) is 42. The number of aliphatic hydroxyl groups is 5. The minimum atomic E-state index is -1.57. The highest BCUT2D eigenvalue weighted by atomic mass is 16.7. The summed E-state index contributed by atoms with van der Waals surface area (Å²) in [4.78, 5) is 13.1. The number of carbonyl (C=O) groups is 1. The van der Waals surface area contributed by atoms with E-state index in [0.29, 0.717) is 6.42 Å². The van der Waals surface area contributed by atoms with Crippen molar-refractivity contribution in [1.29, 1.82) is 0 Å². The summed E-state index contributed by atoms with van der Waals surface area (Å²) in [6.07, 6.45) is 59.8. The highest BCUT2D eigenvalue weighted by Crippen LogP contribution is 2.23. The quantitative estimate of drug-likeness (QED) is 0.0261. The van der Waals surface area contributed by atoms with Crippen LogP contribution < -0.4 is 5.32 Å². The molecule has 7 unspecified atom stereocenters. The van der Waals surface area contributed by atoms with E-state index >= 15 is 0 Å². The number of allylic oxidation sites excluding steroid dienone is 3. The fourth-order valence-electron chi connectivity index (χ4n) is 10.1. The Bertz CT molecular complexity index is 1170. The first-order chi connectivity index (χ1) is 34.8. The molecular formula is C62H119NO8. The Morgan fingerprint density at radius 1 is 0.465 bits per heavy atom. The second-order valence-electron chi connectivity index (χ2n) is 21.9. The third-order valence-electron chi connectivity index (χ3n) is 15.0. The first-order valence-corrected chi connectivity index (χ1v) is 31.1. The van der Waals surface area contributed by atoms with Gasteiger partial charge in [-0.15, -0.1) is 0 Å². The second kappa shape index (κ2) is 52.1. The Labute approximate surface area is 439 Å². The molecule has 1 fully saturated rings. The van der Waals surface area contributed by atoms with Crippen LogP contribution in [0.5, 0.6) is 0 Å². The fraction of sp³-hybridized carbons (Fsp3) is 0.919. The largest absolute Gasteiger partial charge is 0.394 e. The molecule has 0 aliphatic carbocycles. The van der Waals surface area contributed by atoms with Crippen LogP contribution in [0.2, 0.25) is 0 Å². The van der Waals surface area contributed by atoms with Gasteiger partial charge in [0.25, 0.3) is 0 Å². The SMILES string of the molecule is CCCCCCCCCCCCCCCCCC/C=C/CC/C=C/C(O)C(COC1OC(CO)C(O)C(O)C1O)NC(=O)CCCCCCCCCCCCCCCCCCCCCCCCCCCC. The number of rotatable bonds is 54. The maximum atomic E-state index is 13.1. The highest BCUT2D eigenvalue weighted by Gasteiger charge is 2.44. The smallest absolute Gasteiger partial charge is 0.220 e. The van der Waals surface area contributed by atoms with Crippen molar-refractivity contribution >= 4 is 5.91 Å². The average Bonchev–Trinajstić information content (AvgIpc) is 3.37.